The fraction of sp³-hybridized carbons (Fsp3) is 0.167. The number of hydrogen-bond donors (Lipinski definition) is 1. The average molecular weight is 434 g/mol. The Morgan fingerprint density at radius 2 is 1.53 bits per heavy atom. The molecule has 0 saturated carbocycles. The molecule has 0 radical (unpaired) electrons. The van der Waals surface area contributed by atoms with Gasteiger partial charge in [0.05, 0.1) is 0 Å². The van der Waals surface area contributed by atoms with E-state index in [0.717, 1.165) is 40.8 Å². The Labute approximate surface area is 185 Å². The largest absolute Gasteiger partial charge is 0.489 e. The van der Waals surface area contributed by atoms with Crippen LogP contribution in [0.1, 0.15) is 11.1 Å². The maximum Gasteiger partial charge on any atom is 0.195 e. The van der Waals surface area contributed by atoms with Gasteiger partial charge in [0, 0.05) is 23.6 Å². The Bertz CT molecular complexity index is 1110. The fourth-order valence-corrected chi connectivity index (χ4v) is 4.21. The lowest BCUT2D eigenvalue weighted by Gasteiger charge is -2.09. The molecule has 1 heterocycles. The molecule has 4 rings (SSSR count). The lowest BCUT2D eigenvalue weighted by molar-refractivity contribution is 0.306. The van der Waals surface area contributed by atoms with Crippen molar-refractivity contribution in [3.8, 4) is 17.1 Å². The van der Waals surface area contributed by atoms with Crippen molar-refractivity contribution in [3.63, 3.8) is 0 Å². The first-order chi connectivity index (χ1) is 14.8. The van der Waals surface area contributed by atoms with Gasteiger partial charge in [-0.1, -0.05) is 60.7 Å². The van der Waals surface area contributed by atoms with E-state index in [-0.39, 0.29) is 0 Å². The molecule has 3 aromatic carbocycles. The topological polar surface area (TPSA) is 42.8 Å². The molecule has 0 saturated heterocycles. The van der Waals surface area contributed by atoms with Gasteiger partial charge in [-0.2, -0.15) is 16.9 Å². The van der Waals surface area contributed by atoms with E-state index in [0.29, 0.717) is 11.4 Å². The summed E-state index contributed by atoms with van der Waals surface area (Å²) in [5.41, 5.74) is 3.50. The summed E-state index contributed by atoms with van der Waals surface area (Å²) in [7, 11) is 0. The van der Waals surface area contributed by atoms with E-state index in [1.807, 2.05) is 60.3 Å². The van der Waals surface area contributed by atoms with Crippen molar-refractivity contribution in [2.45, 2.75) is 18.9 Å². The smallest absolute Gasteiger partial charge is 0.195 e. The van der Waals surface area contributed by atoms with Crippen molar-refractivity contribution in [2.75, 3.05) is 5.75 Å². The van der Waals surface area contributed by atoms with Gasteiger partial charge in [0.1, 0.15) is 12.4 Å². The maximum atomic E-state index is 5.88. The zero-order chi connectivity index (χ0) is 20.6. The molecule has 4 aromatic rings. The minimum absolute atomic E-state index is 0.553. The van der Waals surface area contributed by atoms with E-state index in [1.165, 1.54) is 5.56 Å². The number of thioether (sulfide) groups is 1. The second kappa shape index (κ2) is 10.3. The number of rotatable bonds is 9. The molecule has 0 fully saturated rings. The number of aromatic amines is 1. The van der Waals surface area contributed by atoms with E-state index >= 15 is 0 Å². The molecule has 0 amide bonds. The van der Waals surface area contributed by atoms with E-state index in [1.54, 1.807) is 0 Å². The van der Waals surface area contributed by atoms with Gasteiger partial charge < -0.3 is 4.74 Å². The van der Waals surface area contributed by atoms with Gasteiger partial charge in [0.2, 0.25) is 0 Å². The zero-order valence-electron chi connectivity index (χ0n) is 16.5. The molecule has 6 heteroatoms. The molecule has 0 spiro atoms. The third-order valence-electron chi connectivity index (χ3n) is 4.69. The predicted molar refractivity (Wildman–Crippen MR) is 126 cm³/mol. The van der Waals surface area contributed by atoms with Crippen molar-refractivity contribution in [3.05, 3.63) is 101 Å². The van der Waals surface area contributed by atoms with Crippen LogP contribution < -0.4 is 4.74 Å². The Hall–Kier alpha value is -2.83. The number of nitrogens with zero attached hydrogens (tertiary/aromatic N) is 2. The maximum absolute atomic E-state index is 5.88. The highest BCUT2D eigenvalue weighted by Crippen LogP contribution is 2.22. The van der Waals surface area contributed by atoms with Crippen LogP contribution in [0.4, 0.5) is 0 Å². The van der Waals surface area contributed by atoms with Gasteiger partial charge in [-0.15, -0.1) is 0 Å². The molecule has 0 aliphatic heterocycles. The molecular formula is C24H23N3OS2. The summed E-state index contributed by atoms with van der Waals surface area (Å²) in [6.45, 7) is 1.37. The number of nitrogens with one attached hydrogen (secondary N) is 1. The molecular weight excluding hydrogens is 410 g/mol. The number of aromatic nitrogens is 3. The molecule has 4 nitrogen and oxygen atoms in total. The van der Waals surface area contributed by atoms with Gasteiger partial charge in [0.25, 0.3) is 0 Å². The van der Waals surface area contributed by atoms with Gasteiger partial charge in [-0.25, -0.2) is 0 Å². The monoisotopic (exact) mass is 433 g/mol. The third kappa shape index (κ3) is 5.40. The normalized spacial score (nSPS) is 10.8. The first-order valence-corrected chi connectivity index (χ1v) is 11.4. The number of hydrogen-bond acceptors (Lipinski definition) is 4. The summed E-state index contributed by atoms with van der Waals surface area (Å²) in [4.78, 5) is 0. The summed E-state index contributed by atoms with van der Waals surface area (Å²) < 4.78 is 8.59. The molecule has 0 unspecified atom stereocenters. The number of benzene rings is 3. The van der Waals surface area contributed by atoms with Crippen LogP contribution in [0, 0.1) is 4.77 Å². The minimum atomic E-state index is 0.553. The van der Waals surface area contributed by atoms with Crippen molar-refractivity contribution in [1.29, 1.82) is 0 Å². The van der Waals surface area contributed by atoms with Crippen LogP contribution in [-0.2, 0) is 18.9 Å². The van der Waals surface area contributed by atoms with Crippen molar-refractivity contribution >= 4 is 24.0 Å². The zero-order valence-corrected chi connectivity index (χ0v) is 18.2. The second-order valence-corrected chi connectivity index (χ2v) is 8.33. The molecule has 0 bridgehead atoms. The lowest BCUT2D eigenvalue weighted by Crippen LogP contribution is -2.03. The van der Waals surface area contributed by atoms with Gasteiger partial charge in [0.15, 0.2) is 10.6 Å². The van der Waals surface area contributed by atoms with Crippen LogP contribution in [0.5, 0.6) is 5.75 Å². The summed E-state index contributed by atoms with van der Waals surface area (Å²) >= 11 is 7.34. The van der Waals surface area contributed by atoms with E-state index in [4.69, 9.17) is 17.0 Å². The standard InChI is InChI=1S/C24H23N3OS2/c29-24-26-25-23(27(24)15-16-30-18-20-9-5-2-6-10-20)21-11-13-22(14-12-21)28-17-19-7-3-1-4-8-19/h1-14H,15-18H2,(H,26,29). The Kier molecular flexibility index (Phi) is 7.00. The van der Waals surface area contributed by atoms with E-state index in [2.05, 4.69) is 51.2 Å². The van der Waals surface area contributed by atoms with Gasteiger partial charge >= 0.3 is 0 Å². The number of H-pyrrole nitrogens is 1. The minimum Gasteiger partial charge on any atom is -0.489 e. The lowest BCUT2D eigenvalue weighted by atomic mass is 10.2. The van der Waals surface area contributed by atoms with Crippen molar-refractivity contribution in [2.24, 2.45) is 0 Å². The van der Waals surface area contributed by atoms with Crippen LogP contribution in [0.2, 0.25) is 0 Å². The van der Waals surface area contributed by atoms with Crippen LogP contribution >= 0.6 is 24.0 Å². The number of ether oxygens (including phenoxy) is 1. The van der Waals surface area contributed by atoms with E-state index < -0.39 is 0 Å². The predicted octanol–water partition coefficient (Wildman–Crippen LogP) is 6.12. The summed E-state index contributed by atoms with van der Waals surface area (Å²) in [5.74, 6) is 3.65. The van der Waals surface area contributed by atoms with Crippen LogP contribution in [0.25, 0.3) is 11.4 Å². The second-order valence-electron chi connectivity index (χ2n) is 6.84. The first-order valence-electron chi connectivity index (χ1n) is 9.83. The average Bonchev–Trinajstić information content (AvgIpc) is 3.17. The van der Waals surface area contributed by atoms with Crippen LogP contribution in [0.3, 0.4) is 0 Å². The first kappa shape index (κ1) is 20.4. The Morgan fingerprint density at radius 1 is 0.867 bits per heavy atom. The summed E-state index contributed by atoms with van der Waals surface area (Å²) in [6, 6.07) is 28.7. The molecule has 0 aliphatic carbocycles. The molecule has 1 N–H and O–H groups in total. The SMILES string of the molecule is S=c1[nH]nc(-c2ccc(OCc3ccccc3)cc2)n1CCSCc1ccccc1. The molecule has 152 valence electrons. The summed E-state index contributed by atoms with van der Waals surface area (Å²) in [5, 5.41) is 7.37. The highest BCUT2D eigenvalue weighted by atomic mass is 32.2. The third-order valence-corrected chi connectivity index (χ3v) is 6.01. The van der Waals surface area contributed by atoms with Gasteiger partial charge in [-0.05, 0) is 47.6 Å². The molecule has 0 atom stereocenters. The van der Waals surface area contributed by atoms with Crippen LogP contribution in [0.15, 0.2) is 84.9 Å². The van der Waals surface area contributed by atoms with Crippen LogP contribution in [-0.4, -0.2) is 20.5 Å². The fourth-order valence-electron chi connectivity index (χ4n) is 3.11. The van der Waals surface area contributed by atoms with Gasteiger partial charge in [-0.3, -0.25) is 9.67 Å². The van der Waals surface area contributed by atoms with E-state index in [9.17, 15) is 0 Å². The molecule has 30 heavy (non-hydrogen) atoms. The highest BCUT2D eigenvalue weighted by molar-refractivity contribution is 7.98. The van der Waals surface area contributed by atoms with Crippen molar-refractivity contribution < 1.29 is 4.74 Å². The highest BCUT2D eigenvalue weighted by Gasteiger charge is 2.09. The Morgan fingerprint density at radius 3 is 2.23 bits per heavy atom. The van der Waals surface area contributed by atoms with Crippen molar-refractivity contribution in [1.82, 2.24) is 14.8 Å². The summed E-state index contributed by atoms with van der Waals surface area (Å²) in [6.07, 6.45) is 0. The molecule has 1 aromatic heterocycles. The Balaban J connectivity index is 1.36. The quantitative estimate of drug-likeness (QED) is 0.255. The molecule has 0 aliphatic rings.